The zero-order chi connectivity index (χ0) is 10.5. The van der Waals surface area contributed by atoms with Crippen molar-refractivity contribution < 1.29 is 65.7 Å². The van der Waals surface area contributed by atoms with E-state index in [9.17, 15) is 9.59 Å². The van der Waals surface area contributed by atoms with Crippen LogP contribution in [-0.2, 0) is 14.3 Å². The number of amides is 2. The van der Waals surface area contributed by atoms with Crippen LogP contribution in [0.2, 0.25) is 0 Å². The molecule has 0 aliphatic carbocycles. The van der Waals surface area contributed by atoms with E-state index in [0.29, 0.717) is 13.1 Å². The minimum Gasteiger partial charge on any atom is -0.528 e. The first kappa shape index (κ1) is 20.0. The summed E-state index contributed by atoms with van der Waals surface area (Å²) in [4.78, 5) is 20.2. The van der Waals surface area contributed by atoms with Gasteiger partial charge in [0.2, 0.25) is 5.91 Å². The molecular formula is C8H17KN2O3. The SMILES string of the molecule is CC.COCC(=O)NCCN[C-]=O.[K+]. The van der Waals surface area contributed by atoms with E-state index in [1.165, 1.54) is 13.5 Å². The van der Waals surface area contributed by atoms with Crippen molar-refractivity contribution >= 4 is 12.3 Å². The van der Waals surface area contributed by atoms with Crippen molar-refractivity contribution in [3.05, 3.63) is 0 Å². The Kier molecular flexibility index (Phi) is 27.4. The van der Waals surface area contributed by atoms with Crippen LogP contribution in [0.1, 0.15) is 13.8 Å². The van der Waals surface area contributed by atoms with Gasteiger partial charge in [-0.15, -0.1) is 0 Å². The van der Waals surface area contributed by atoms with Gasteiger partial charge in [0, 0.05) is 20.2 Å². The molecule has 0 saturated heterocycles. The maximum atomic E-state index is 10.6. The molecule has 0 spiro atoms. The van der Waals surface area contributed by atoms with Crippen LogP contribution in [0.4, 0.5) is 0 Å². The first-order valence-electron chi connectivity index (χ1n) is 4.17. The molecule has 0 aromatic heterocycles. The molecule has 0 saturated carbocycles. The number of methoxy groups -OCH3 is 1. The molecule has 0 fully saturated rings. The Hall–Kier alpha value is 0.536. The Labute approximate surface area is 128 Å². The smallest absolute Gasteiger partial charge is 0.528 e. The minimum absolute atomic E-state index is 0. The van der Waals surface area contributed by atoms with Crippen LogP contribution < -0.4 is 62.0 Å². The fraction of sp³-hybridized carbons (Fsp3) is 0.750. The molecule has 0 bridgehead atoms. The molecule has 0 rings (SSSR count). The summed E-state index contributed by atoms with van der Waals surface area (Å²) in [5, 5.41) is 4.80. The number of hydrogen-bond acceptors (Lipinski definition) is 3. The fourth-order valence-corrected chi connectivity index (χ4v) is 0.498. The molecule has 2 amide bonds. The normalized spacial score (nSPS) is 7.36. The number of carbonyl (C=O) groups is 1. The van der Waals surface area contributed by atoms with Gasteiger partial charge in [-0.05, 0) is 0 Å². The topological polar surface area (TPSA) is 67.4 Å². The van der Waals surface area contributed by atoms with Crippen LogP contribution in [0.5, 0.6) is 0 Å². The molecule has 0 aromatic rings. The van der Waals surface area contributed by atoms with Gasteiger partial charge in [0.25, 0.3) is 0 Å². The van der Waals surface area contributed by atoms with Gasteiger partial charge in [-0.2, -0.15) is 6.41 Å². The first-order chi connectivity index (χ1) is 6.31. The van der Waals surface area contributed by atoms with Gasteiger partial charge in [0.15, 0.2) is 0 Å². The quantitative estimate of drug-likeness (QED) is 0.214. The molecule has 0 radical (unpaired) electrons. The maximum absolute atomic E-state index is 10.6. The summed E-state index contributed by atoms with van der Waals surface area (Å²) in [6.07, 6.45) is 1.49. The molecule has 0 atom stereocenters. The number of carbonyl (C=O) groups excluding carboxylic acids is 2. The van der Waals surface area contributed by atoms with E-state index in [4.69, 9.17) is 0 Å². The van der Waals surface area contributed by atoms with Crippen LogP contribution in [-0.4, -0.2) is 39.1 Å². The van der Waals surface area contributed by atoms with E-state index in [2.05, 4.69) is 15.4 Å². The number of ether oxygens (including phenoxy) is 1. The molecule has 14 heavy (non-hydrogen) atoms. The van der Waals surface area contributed by atoms with Crippen molar-refractivity contribution in [1.29, 1.82) is 0 Å². The van der Waals surface area contributed by atoms with Crippen molar-refractivity contribution in [1.82, 2.24) is 10.6 Å². The molecule has 5 nitrogen and oxygen atoms in total. The Balaban J connectivity index is -0.000000376. The average molecular weight is 228 g/mol. The van der Waals surface area contributed by atoms with Crippen molar-refractivity contribution in [3.63, 3.8) is 0 Å². The van der Waals surface area contributed by atoms with Crippen molar-refractivity contribution in [3.8, 4) is 0 Å². The summed E-state index contributed by atoms with van der Waals surface area (Å²) in [5.41, 5.74) is 0. The minimum atomic E-state index is -0.194. The van der Waals surface area contributed by atoms with E-state index < -0.39 is 0 Å². The van der Waals surface area contributed by atoms with E-state index >= 15 is 0 Å². The third-order valence-corrected chi connectivity index (χ3v) is 0.920. The van der Waals surface area contributed by atoms with E-state index in [1.54, 1.807) is 0 Å². The Morgan fingerprint density at radius 3 is 2.36 bits per heavy atom. The second kappa shape index (κ2) is 19.2. The second-order valence-corrected chi connectivity index (χ2v) is 1.81. The number of rotatable bonds is 6. The van der Waals surface area contributed by atoms with Crippen LogP contribution >= 0.6 is 0 Å². The summed E-state index contributed by atoms with van der Waals surface area (Å²) >= 11 is 0. The summed E-state index contributed by atoms with van der Waals surface area (Å²) in [5.74, 6) is -0.194. The van der Waals surface area contributed by atoms with Gasteiger partial charge in [0.05, 0.1) is 0 Å². The van der Waals surface area contributed by atoms with Gasteiger partial charge >= 0.3 is 51.4 Å². The van der Waals surface area contributed by atoms with Gasteiger partial charge in [-0.3, -0.25) is 4.79 Å². The predicted molar refractivity (Wildman–Crippen MR) is 49.9 cm³/mol. The third kappa shape index (κ3) is 18.3. The van der Waals surface area contributed by atoms with Gasteiger partial charge < -0.3 is 20.2 Å². The van der Waals surface area contributed by atoms with Crippen LogP contribution in [0.3, 0.4) is 0 Å². The van der Waals surface area contributed by atoms with Crippen molar-refractivity contribution in [2.24, 2.45) is 0 Å². The molecule has 2 N–H and O–H groups in total. The molecule has 0 aromatic carbocycles. The van der Waals surface area contributed by atoms with E-state index in [-0.39, 0.29) is 63.9 Å². The summed E-state index contributed by atoms with van der Waals surface area (Å²) < 4.78 is 4.55. The van der Waals surface area contributed by atoms with Gasteiger partial charge in [0.1, 0.15) is 6.61 Å². The van der Waals surface area contributed by atoms with Crippen LogP contribution in [0.25, 0.3) is 0 Å². The predicted octanol–water partition coefficient (Wildman–Crippen LogP) is -3.56. The Morgan fingerprint density at radius 1 is 1.36 bits per heavy atom. The standard InChI is InChI=1S/C6H11N2O3.C2H6.K/c1-11-4-6(10)8-3-2-7-5-9;1-2;/h2-4H2,1H3,(H,7,9)(H,8,10);1-2H3;/q-1;;+1. The first-order valence-corrected chi connectivity index (χ1v) is 4.17. The van der Waals surface area contributed by atoms with Gasteiger partial charge in [-0.1, -0.05) is 13.8 Å². The molecule has 0 unspecified atom stereocenters. The van der Waals surface area contributed by atoms with E-state index in [0.717, 1.165) is 0 Å². The average Bonchev–Trinajstić information content (AvgIpc) is 2.16. The molecule has 0 heterocycles. The maximum Gasteiger partial charge on any atom is 1.00 e. The van der Waals surface area contributed by atoms with Crippen LogP contribution in [0, 0.1) is 0 Å². The second-order valence-electron chi connectivity index (χ2n) is 1.81. The molecule has 0 aliphatic heterocycles. The molecule has 0 aliphatic rings. The van der Waals surface area contributed by atoms with Gasteiger partial charge in [-0.25, -0.2) is 0 Å². The fourth-order valence-electron chi connectivity index (χ4n) is 0.498. The largest absolute Gasteiger partial charge is 1.00 e. The number of hydrogen-bond donors (Lipinski definition) is 2. The summed E-state index contributed by atoms with van der Waals surface area (Å²) in [6, 6.07) is 0. The zero-order valence-electron chi connectivity index (χ0n) is 9.35. The summed E-state index contributed by atoms with van der Waals surface area (Å²) in [6.45, 7) is 4.83. The monoisotopic (exact) mass is 228 g/mol. The van der Waals surface area contributed by atoms with Crippen LogP contribution in [0.15, 0.2) is 0 Å². The molecule has 78 valence electrons. The Bertz CT molecular complexity index is 134. The molecule has 6 heteroatoms. The van der Waals surface area contributed by atoms with Crippen molar-refractivity contribution in [2.45, 2.75) is 13.8 Å². The third-order valence-electron chi connectivity index (χ3n) is 0.920. The zero-order valence-corrected chi connectivity index (χ0v) is 12.5. The molecular weight excluding hydrogens is 211 g/mol. The Morgan fingerprint density at radius 2 is 1.93 bits per heavy atom. The van der Waals surface area contributed by atoms with E-state index in [1.807, 2.05) is 13.8 Å². The van der Waals surface area contributed by atoms with Crippen molar-refractivity contribution in [2.75, 3.05) is 26.8 Å². The number of nitrogens with one attached hydrogen (secondary N) is 2. The summed E-state index contributed by atoms with van der Waals surface area (Å²) in [7, 11) is 1.44.